The molecular weight excluding hydrogens is 266 g/mol. The Labute approximate surface area is 122 Å². The van der Waals surface area contributed by atoms with Crippen LogP contribution in [0.2, 0.25) is 0 Å². The maximum Gasteiger partial charge on any atom is 0.251 e. The third-order valence-corrected chi connectivity index (χ3v) is 3.17. The number of rotatable bonds is 6. The standard InChI is InChI=1S/C15H17N5O/c1-21-7-6-16-8-12-9-17-15(18-10-12)20-14-5-3-2-4-13(14)11-19-20/h2-5,9-11,16H,6-8H2,1H3. The summed E-state index contributed by atoms with van der Waals surface area (Å²) in [5, 5.41) is 8.68. The van der Waals surface area contributed by atoms with Crippen LogP contribution in [0.25, 0.3) is 16.9 Å². The molecule has 108 valence electrons. The Morgan fingerprint density at radius 1 is 1.14 bits per heavy atom. The second kappa shape index (κ2) is 6.43. The average molecular weight is 283 g/mol. The minimum absolute atomic E-state index is 0.580. The third-order valence-electron chi connectivity index (χ3n) is 3.17. The molecule has 3 aromatic rings. The number of fused-ring (bicyclic) bond motifs is 1. The predicted molar refractivity (Wildman–Crippen MR) is 80.2 cm³/mol. The molecule has 0 atom stereocenters. The molecule has 0 aliphatic carbocycles. The maximum atomic E-state index is 4.98. The summed E-state index contributed by atoms with van der Waals surface area (Å²) in [6.07, 6.45) is 5.45. The fourth-order valence-electron chi connectivity index (χ4n) is 2.09. The number of benzene rings is 1. The van der Waals surface area contributed by atoms with Gasteiger partial charge in [-0.15, -0.1) is 0 Å². The van der Waals surface area contributed by atoms with Crippen LogP contribution in [0.15, 0.2) is 42.9 Å². The van der Waals surface area contributed by atoms with Crippen molar-refractivity contribution in [2.24, 2.45) is 0 Å². The maximum absolute atomic E-state index is 4.98. The predicted octanol–water partition coefficient (Wildman–Crippen LogP) is 1.55. The SMILES string of the molecule is COCCNCc1cnc(-n2ncc3ccccc32)nc1. The van der Waals surface area contributed by atoms with Crippen LogP contribution in [0, 0.1) is 0 Å². The van der Waals surface area contributed by atoms with E-state index in [9.17, 15) is 0 Å². The fraction of sp³-hybridized carbons (Fsp3) is 0.267. The summed E-state index contributed by atoms with van der Waals surface area (Å²) in [4.78, 5) is 8.78. The zero-order chi connectivity index (χ0) is 14.5. The summed E-state index contributed by atoms with van der Waals surface area (Å²) in [7, 11) is 1.69. The molecule has 2 heterocycles. The largest absolute Gasteiger partial charge is 0.383 e. The molecule has 0 aliphatic rings. The molecule has 1 aromatic carbocycles. The molecule has 21 heavy (non-hydrogen) atoms. The average Bonchev–Trinajstić information content (AvgIpc) is 2.96. The van der Waals surface area contributed by atoms with Crippen molar-refractivity contribution in [1.82, 2.24) is 25.1 Å². The van der Waals surface area contributed by atoms with Crippen molar-refractivity contribution in [2.75, 3.05) is 20.3 Å². The molecule has 0 aliphatic heterocycles. The molecule has 0 saturated carbocycles. The Kier molecular flexibility index (Phi) is 4.18. The van der Waals surface area contributed by atoms with Crippen LogP contribution in [-0.2, 0) is 11.3 Å². The Hall–Kier alpha value is -2.31. The van der Waals surface area contributed by atoms with Crippen LogP contribution >= 0.6 is 0 Å². The molecule has 6 heteroatoms. The van der Waals surface area contributed by atoms with Crippen LogP contribution in [-0.4, -0.2) is 40.0 Å². The van der Waals surface area contributed by atoms with E-state index in [-0.39, 0.29) is 0 Å². The van der Waals surface area contributed by atoms with Gasteiger partial charge in [0.15, 0.2) is 0 Å². The molecule has 0 spiro atoms. The molecule has 0 bridgehead atoms. The van der Waals surface area contributed by atoms with Gasteiger partial charge >= 0.3 is 0 Å². The Balaban J connectivity index is 1.75. The van der Waals surface area contributed by atoms with Gasteiger partial charge in [0.05, 0.1) is 18.3 Å². The summed E-state index contributed by atoms with van der Waals surface area (Å²) in [6.45, 7) is 2.23. The lowest BCUT2D eigenvalue weighted by atomic mass is 10.3. The number of nitrogens with one attached hydrogen (secondary N) is 1. The highest BCUT2D eigenvalue weighted by Gasteiger charge is 2.06. The van der Waals surface area contributed by atoms with Gasteiger partial charge in [-0.3, -0.25) is 0 Å². The molecular formula is C15H17N5O. The van der Waals surface area contributed by atoms with E-state index in [0.717, 1.165) is 29.6 Å². The van der Waals surface area contributed by atoms with E-state index in [1.807, 2.05) is 42.9 Å². The van der Waals surface area contributed by atoms with Crippen LogP contribution < -0.4 is 5.32 Å². The topological polar surface area (TPSA) is 64.9 Å². The van der Waals surface area contributed by atoms with E-state index < -0.39 is 0 Å². The smallest absolute Gasteiger partial charge is 0.251 e. The minimum atomic E-state index is 0.580. The number of para-hydroxylation sites is 1. The van der Waals surface area contributed by atoms with E-state index in [4.69, 9.17) is 4.74 Å². The van der Waals surface area contributed by atoms with Gasteiger partial charge in [0.2, 0.25) is 0 Å². The lowest BCUT2D eigenvalue weighted by Crippen LogP contribution is -2.19. The molecule has 6 nitrogen and oxygen atoms in total. The fourth-order valence-corrected chi connectivity index (χ4v) is 2.09. The summed E-state index contributed by atoms with van der Waals surface area (Å²) < 4.78 is 6.73. The van der Waals surface area contributed by atoms with Crippen molar-refractivity contribution in [3.8, 4) is 5.95 Å². The highest BCUT2D eigenvalue weighted by molar-refractivity contribution is 5.79. The van der Waals surface area contributed by atoms with E-state index in [1.165, 1.54) is 0 Å². The highest BCUT2D eigenvalue weighted by Crippen LogP contribution is 2.15. The molecule has 3 rings (SSSR count). The summed E-state index contributed by atoms with van der Waals surface area (Å²) >= 11 is 0. The highest BCUT2D eigenvalue weighted by atomic mass is 16.5. The Bertz CT molecular complexity index is 707. The zero-order valence-electron chi connectivity index (χ0n) is 11.9. The van der Waals surface area contributed by atoms with E-state index >= 15 is 0 Å². The van der Waals surface area contributed by atoms with Gasteiger partial charge < -0.3 is 10.1 Å². The van der Waals surface area contributed by atoms with Crippen LogP contribution in [0.3, 0.4) is 0 Å². The summed E-state index contributed by atoms with van der Waals surface area (Å²) in [5.41, 5.74) is 2.04. The third kappa shape index (κ3) is 3.07. The van der Waals surface area contributed by atoms with Gasteiger partial charge in [-0.05, 0) is 6.07 Å². The molecule has 0 radical (unpaired) electrons. The first-order valence-corrected chi connectivity index (χ1v) is 6.82. The lowest BCUT2D eigenvalue weighted by molar-refractivity contribution is 0.199. The number of hydrogen-bond acceptors (Lipinski definition) is 5. The summed E-state index contributed by atoms with van der Waals surface area (Å²) in [6, 6.07) is 8.00. The number of hydrogen-bond donors (Lipinski definition) is 1. The Morgan fingerprint density at radius 2 is 1.95 bits per heavy atom. The van der Waals surface area contributed by atoms with Crippen molar-refractivity contribution in [3.05, 3.63) is 48.4 Å². The van der Waals surface area contributed by atoms with Crippen LogP contribution in [0.5, 0.6) is 0 Å². The van der Waals surface area contributed by atoms with Crippen LogP contribution in [0.4, 0.5) is 0 Å². The van der Waals surface area contributed by atoms with Crippen molar-refractivity contribution >= 4 is 10.9 Å². The summed E-state index contributed by atoms with van der Waals surface area (Å²) in [5.74, 6) is 0.580. The second-order valence-corrected chi connectivity index (χ2v) is 4.68. The van der Waals surface area contributed by atoms with E-state index in [0.29, 0.717) is 12.6 Å². The van der Waals surface area contributed by atoms with Crippen molar-refractivity contribution < 1.29 is 4.74 Å². The monoisotopic (exact) mass is 283 g/mol. The number of ether oxygens (including phenoxy) is 1. The normalized spacial score (nSPS) is 11.1. The molecule has 1 N–H and O–H groups in total. The van der Waals surface area contributed by atoms with E-state index in [2.05, 4.69) is 20.4 Å². The van der Waals surface area contributed by atoms with Crippen molar-refractivity contribution in [1.29, 1.82) is 0 Å². The zero-order valence-corrected chi connectivity index (χ0v) is 11.9. The van der Waals surface area contributed by atoms with Gasteiger partial charge in [-0.25, -0.2) is 9.97 Å². The molecule has 0 saturated heterocycles. The van der Waals surface area contributed by atoms with Gasteiger partial charge in [0.25, 0.3) is 5.95 Å². The van der Waals surface area contributed by atoms with Crippen molar-refractivity contribution in [2.45, 2.75) is 6.54 Å². The quantitative estimate of drug-likeness (QED) is 0.695. The van der Waals surface area contributed by atoms with Gasteiger partial charge in [-0.2, -0.15) is 9.78 Å². The first kappa shape index (κ1) is 13.7. The number of aromatic nitrogens is 4. The minimum Gasteiger partial charge on any atom is -0.383 e. The first-order valence-electron chi connectivity index (χ1n) is 6.82. The first-order chi connectivity index (χ1) is 10.4. The molecule has 0 amide bonds. The van der Waals surface area contributed by atoms with Gasteiger partial charge in [0.1, 0.15) is 0 Å². The van der Waals surface area contributed by atoms with Gasteiger partial charge in [-0.1, -0.05) is 18.2 Å². The Morgan fingerprint density at radius 3 is 2.76 bits per heavy atom. The number of methoxy groups -OCH3 is 1. The number of nitrogens with zero attached hydrogens (tertiary/aromatic N) is 4. The van der Waals surface area contributed by atoms with Crippen LogP contribution in [0.1, 0.15) is 5.56 Å². The molecule has 2 aromatic heterocycles. The van der Waals surface area contributed by atoms with Crippen molar-refractivity contribution in [3.63, 3.8) is 0 Å². The lowest BCUT2D eigenvalue weighted by Gasteiger charge is -2.05. The second-order valence-electron chi connectivity index (χ2n) is 4.68. The molecule has 0 fully saturated rings. The molecule has 0 unspecified atom stereocenters. The van der Waals surface area contributed by atoms with Gasteiger partial charge in [0, 0.05) is 43.5 Å². The van der Waals surface area contributed by atoms with E-state index in [1.54, 1.807) is 11.8 Å².